The summed E-state index contributed by atoms with van der Waals surface area (Å²) in [4.78, 5) is 26.2. The van der Waals surface area contributed by atoms with E-state index in [0.717, 1.165) is 24.9 Å². The molecule has 1 saturated heterocycles. The summed E-state index contributed by atoms with van der Waals surface area (Å²) in [5, 5.41) is 2.73. The number of amides is 2. The molecule has 0 radical (unpaired) electrons. The number of piperazine rings is 1. The highest BCUT2D eigenvalue weighted by molar-refractivity contribution is 6.08. The summed E-state index contributed by atoms with van der Waals surface area (Å²) in [5.74, 6) is -0.0958. The Labute approximate surface area is 119 Å². The SMILES string of the molecule is CC1NC(=O)C(C)N(c2cccc3c2CCCC3)C1=O. The Bertz CT molecular complexity index is 568. The molecule has 1 heterocycles. The van der Waals surface area contributed by atoms with Crippen molar-refractivity contribution in [3.05, 3.63) is 29.3 Å². The Morgan fingerprint density at radius 2 is 1.90 bits per heavy atom. The number of fused-ring (bicyclic) bond motifs is 1. The fourth-order valence-corrected chi connectivity index (χ4v) is 3.23. The normalized spacial score (nSPS) is 26.2. The van der Waals surface area contributed by atoms with Crippen molar-refractivity contribution in [1.29, 1.82) is 0 Å². The van der Waals surface area contributed by atoms with Gasteiger partial charge in [-0.25, -0.2) is 0 Å². The smallest absolute Gasteiger partial charge is 0.250 e. The van der Waals surface area contributed by atoms with Crippen LogP contribution in [0, 0.1) is 0 Å². The van der Waals surface area contributed by atoms with Crippen LogP contribution in [0.2, 0.25) is 0 Å². The number of anilines is 1. The number of aryl methyl sites for hydroxylation is 1. The van der Waals surface area contributed by atoms with Gasteiger partial charge in [-0.15, -0.1) is 0 Å². The van der Waals surface area contributed by atoms with Crippen LogP contribution in [0.1, 0.15) is 37.8 Å². The van der Waals surface area contributed by atoms with Crippen LogP contribution in [0.25, 0.3) is 0 Å². The third-order valence-corrected chi connectivity index (χ3v) is 4.36. The van der Waals surface area contributed by atoms with Crippen molar-refractivity contribution in [2.75, 3.05) is 4.90 Å². The molecule has 2 aliphatic rings. The third kappa shape index (κ3) is 1.99. The molecule has 1 aromatic carbocycles. The molecule has 0 aromatic heterocycles. The molecule has 1 aromatic rings. The predicted octanol–water partition coefficient (Wildman–Crippen LogP) is 1.81. The molecule has 106 valence electrons. The second-order valence-corrected chi connectivity index (χ2v) is 5.74. The molecule has 4 heteroatoms. The number of rotatable bonds is 1. The van der Waals surface area contributed by atoms with Crippen LogP contribution < -0.4 is 10.2 Å². The van der Waals surface area contributed by atoms with E-state index < -0.39 is 12.1 Å². The molecule has 0 spiro atoms. The summed E-state index contributed by atoms with van der Waals surface area (Å²) in [7, 11) is 0. The Balaban J connectivity index is 2.07. The number of hydrogen-bond donors (Lipinski definition) is 1. The summed E-state index contributed by atoms with van der Waals surface area (Å²) >= 11 is 0. The van der Waals surface area contributed by atoms with Crippen molar-refractivity contribution >= 4 is 17.5 Å². The van der Waals surface area contributed by atoms with E-state index in [4.69, 9.17) is 0 Å². The number of carbonyl (C=O) groups excluding carboxylic acids is 2. The first-order valence-corrected chi connectivity index (χ1v) is 7.34. The summed E-state index contributed by atoms with van der Waals surface area (Å²) in [5.41, 5.74) is 3.51. The molecule has 20 heavy (non-hydrogen) atoms. The lowest BCUT2D eigenvalue weighted by atomic mass is 9.89. The molecule has 1 N–H and O–H groups in total. The molecule has 1 aliphatic carbocycles. The number of benzene rings is 1. The highest BCUT2D eigenvalue weighted by Crippen LogP contribution is 2.32. The van der Waals surface area contributed by atoms with Gasteiger partial charge in [0.05, 0.1) is 0 Å². The summed E-state index contributed by atoms with van der Waals surface area (Å²) in [6.45, 7) is 3.54. The highest BCUT2D eigenvalue weighted by Gasteiger charge is 2.37. The minimum Gasteiger partial charge on any atom is -0.343 e. The molecular weight excluding hydrogens is 252 g/mol. The van der Waals surface area contributed by atoms with Gasteiger partial charge in [-0.1, -0.05) is 12.1 Å². The number of carbonyl (C=O) groups is 2. The molecule has 0 saturated carbocycles. The Morgan fingerprint density at radius 1 is 1.15 bits per heavy atom. The summed E-state index contributed by atoms with van der Waals surface area (Å²) < 4.78 is 0. The lowest BCUT2D eigenvalue weighted by molar-refractivity contribution is -0.133. The second kappa shape index (κ2) is 4.93. The lowest BCUT2D eigenvalue weighted by Gasteiger charge is -2.38. The highest BCUT2D eigenvalue weighted by atomic mass is 16.2. The van der Waals surface area contributed by atoms with Crippen molar-refractivity contribution in [2.45, 2.75) is 51.6 Å². The first-order valence-electron chi connectivity index (χ1n) is 7.34. The lowest BCUT2D eigenvalue weighted by Crippen LogP contribution is -2.62. The summed E-state index contributed by atoms with van der Waals surface area (Å²) in [6.07, 6.45) is 4.43. The van der Waals surface area contributed by atoms with Gasteiger partial charge in [0.15, 0.2) is 0 Å². The van der Waals surface area contributed by atoms with Gasteiger partial charge in [0.25, 0.3) is 0 Å². The zero-order valence-corrected chi connectivity index (χ0v) is 12.0. The van der Waals surface area contributed by atoms with Gasteiger partial charge in [-0.2, -0.15) is 0 Å². The molecule has 2 unspecified atom stereocenters. The van der Waals surface area contributed by atoms with Gasteiger partial charge >= 0.3 is 0 Å². The molecule has 2 atom stereocenters. The van der Waals surface area contributed by atoms with E-state index in [1.54, 1.807) is 18.7 Å². The van der Waals surface area contributed by atoms with Crippen molar-refractivity contribution < 1.29 is 9.59 Å². The van der Waals surface area contributed by atoms with Gasteiger partial charge in [0.1, 0.15) is 12.1 Å². The molecule has 4 nitrogen and oxygen atoms in total. The molecular formula is C16H20N2O2. The van der Waals surface area contributed by atoms with E-state index in [9.17, 15) is 9.59 Å². The minimum absolute atomic E-state index is 0.0175. The van der Waals surface area contributed by atoms with Crippen molar-refractivity contribution in [3.8, 4) is 0 Å². The van der Waals surface area contributed by atoms with Gasteiger partial charge in [-0.05, 0) is 56.7 Å². The standard InChI is InChI=1S/C16H20N2O2/c1-10-16(20)18(11(2)15(19)17-10)14-9-5-7-12-6-3-4-8-13(12)14/h5,7,9-11H,3-4,6,8H2,1-2H3,(H,17,19). The van der Waals surface area contributed by atoms with Gasteiger partial charge < -0.3 is 5.32 Å². The average molecular weight is 272 g/mol. The first-order chi connectivity index (χ1) is 9.59. The Morgan fingerprint density at radius 3 is 2.70 bits per heavy atom. The predicted molar refractivity (Wildman–Crippen MR) is 77.6 cm³/mol. The average Bonchev–Trinajstić information content (AvgIpc) is 2.46. The van der Waals surface area contributed by atoms with Crippen LogP contribution >= 0.6 is 0 Å². The van der Waals surface area contributed by atoms with E-state index in [1.165, 1.54) is 17.5 Å². The fourth-order valence-electron chi connectivity index (χ4n) is 3.23. The van der Waals surface area contributed by atoms with Crippen molar-refractivity contribution in [2.24, 2.45) is 0 Å². The van der Waals surface area contributed by atoms with Crippen molar-refractivity contribution in [3.63, 3.8) is 0 Å². The van der Waals surface area contributed by atoms with Crippen LogP contribution in [0.15, 0.2) is 18.2 Å². The maximum absolute atomic E-state index is 12.5. The number of nitrogens with zero attached hydrogens (tertiary/aromatic N) is 1. The maximum Gasteiger partial charge on any atom is 0.250 e. The molecule has 1 aliphatic heterocycles. The monoisotopic (exact) mass is 272 g/mol. The van der Waals surface area contributed by atoms with Gasteiger partial charge in [0.2, 0.25) is 11.8 Å². The summed E-state index contributed by atoms with van der Waals surface area (Å²) in [6, 6.07) is 5.23. The fraction of sp³-hybridized carbons (Fsp3) is 0.500. The van der Waals surface area contributed by atoms with Gasteiger partial charge in [0, 0.05) is 5.69 Å². The molecule has 2 amide bonds. The Kier molecular flexibility index (Phi) is 3.24. The third-order valence-electron chi connectivity index (χ3n) is 4.36. The van der Waals surface area contributed by atoms with E-state index in [2.05, 4.69) is 11.4 Å². The van der Waals surface area contributed by atoms with E-state index >= 15 is 0 Å². The van der Waals surface area contributed by atoms with E-state index in [1.807, 2.05) is 12.1 Å². The zero-order chi connectivity index (χ0) is 14.3. The van der Waals surface area contributed by atoms with Crippen LogP contribution in [0.3, 0.4) is 0 Å². The zero-order valence-electron chi connectivity index (χ0n) is 12.0. The van der Waals surface area contributed by atoms with Gasteiger partial charge in [-0.3, -0.25) is 14.5 Å². The molecule has 1 fully saturated rings. The maximum atomic E-state index is 12.5. The van der Waals surface area contributed by atoms with Crippen LogP contribution in [-0.4, -0.2) is 23.9 Å². The topological polar surface area (TPSA) is 49.4 Å². The Hall–Kier alpha value is -1.84. The second-order valence-electron chi connectivity index (χ2n) is 5.74. The van der Waals surface area contributed by atoms with Crippen LogP contribution in [0.5, 0.6) is 0 Å². The largest absolute Gasteiger partial charge is 0.343 e. The van der Waals surface area contributed by atoms with Crippen molar-refractivity contribution in [1.82, 2.24) is 5.32 Å². The quantitative estimate of drug-likeness (QED) is 0.847. The number of nitrogens with one attached hydrogen (secondary N) is 1. The minimum atomic E-state index is -0.446. The van der Waals surface area contributed by atoms with Crippen LogP contribution in [0.4, 0.5) is 5.69 Å². The van der Waals surface area contributed by atoms with E-state index in [0.29, 0.717) is 0 Å². The molecule has 0 bridgehead atoms. The molecule has 3 rings (SSSR count). The van der Waals surface area contributed by atoms with E-state index in [-0.39, 0.29) is 11.8 Å². The van der Waals surface area contributed by atoms with Crippen LogP contribution in [-0.2, 0) is 22.4 Å². The number of hydrogen-bond acceptors (Lipinski definition) is 2. The first kappa shape index (κ1) is 13.2.